The van der Waals surface area contributed by atoms with Crippen molar-refractivity contribution in [2.24, 2.45) is 0 Å². The Bertz CT molecular complexity index is 606. The van der Waals surface area contributed by atoms with E-state index in [1.54, 1.807) is 0 Å². The molecule has 2 unspecified atom stereocenters. The lowest BCUT2D eigenvalue weighted by atomic mass is 10.1. The molecular formula is C21H33NO6Si. The number of epoxide rings is 1. The number of carbonyl (C=O) groups is 1. The minimum Gasteiger partial charge on any atom is -0.439 e. The van der Waals surface area contributed by atoms with Crippen molar-refractivity contribution in [1.82, 2.24) is 5.32 Å². The van der Waals surface area contributed by atoms with Crippen molar-refractivity contribution in [3.05, 3.63) is 42.0 Å². The molecule has 0 aliphatic carbocycles. The summed E-state index contributed by atoms with van der Waals surface area (Å²) in [6.45, 7) is 8.47. The standard InChI is InChI=1S/C21H33NO6Si/c1-4-25-29(26-5-2,27-6-3)16-10-15-22-21(23)28-19(20-17-24-20)14-13-18-11-8-7-9-12-18/h7-9,11-14,19-20H,4-6,10,15-17H2,1-3H3,(H,22,23)/b14-13+. The van der Waals surface area contributed by atoms with Crippen LogP contribution in [0.25, 0.3) is 6.08 Å². The molecule has 29 heavy (non-hydrogen) atoms. The fraction of sp³-hybridized carbons (Fsp3) is 0.571. The lowest BCUT2D eigenvalue weighted by molar-refractivity contribution is 0.0704. The molecule has 0 saturated carbocycles. The van der Waals surface area contributed by atoms with Crippen LogP contribution in [0.3, 0.4) is 0 Å². The number of ether oxygens (including phenoxy) is 2. The Morgan fingerprint density at radius 2 is 1.79 bits per heavy atom. The van der Waals surface area contributed by atoms with E-state index in [1.165, 1.54) is 0 Å². The van der Waals surface area contributed by atoms with Gasteiger partial charge >= 0.3 is 14.9 Å². The van der Waals surface area contributed by atoms with Crippen molar-refractivity contribution in [3.63, 3.8) is 0 Å². The minimum absolute atomic E-state index is 0.0744. The molecule has 2 atom stereocenters. The fourth-order valence-corrected chi connectivity index (χ4v) is 5.53. The number of rotatable bonds is 14. The van der Waals surface area contributed by atoms with E-state index in [9.17, 15) is 4.79 Å². The summed E-state index contributed by atoms with van der Waals surface area (Å²) < 4.78 is 28.3. The third-order valence-corrected chi connectivity index (χ3v) is 7.42. The van der Waals surface area contributed by atoms with Crippen LogP contribution in [0, 0.1) is 0 Å². The number of nitrogens with one attached hydrogen (secondary N) is 1. The summed E-state index contributed by atoms with van der Waals surface area (Å²) in [4.78, 5) is 12.2. The molecule has 1 aromatic rings. The molecule has 1 saturated heterocycles. The Morgan fingerprint density at radius 1 is 1.17 bits per heavy atom. The van der Waals surface area contributed by atoms with Gasteiger partial charge in [-0.05, 0) is 38.8 Å². The minimum atomic E-state index is -2.68. The zero-order chi connectivity index (χ0) is 21.0. The SMILES string of the molecule is CCO[Si](CCCNC(=O)OC(/C=C/c1ccccc1)C1CO1)(OCC)OCC. The quantitative estimate of drug-likeness (QED) is 0.280. The number of benzene rings is 1. The molecule has 7 nitrogen and oxygen atoms in total. The normalized spacial score (nSPS) is 17.3. The van der Waals surface area contributed by atoms with Crippen LogP contribution in [0.2, 0.25) is 6.04 Å². The molecule has 0 radical (unpaired) electrons. The Labute approximate surface area is 174 Å². The second kappa shape index (κ2) is 12.8. The summed E-state index contributed by atoms with van der Waals surface area (Å²) in [7, 11) is -2.68. The highest BCUT2D eigenvalue weighted by Gasteiger charge is 2.39. The second-order valence-electron chi connectivity index (χ2n) is 6.52. The van der Waals surface area contributed by atoms with E-state index in [4.69, 9.17) is 22.8 Å². The monoisotopic (exact) mass is 423 g/mol. The van der Waals surface area contributed by atoms with Gasteiger partial charge in [-0.25, -0.2) is 4.79 Å². The second-order valence-corrected chi connectivity index (χ2v) is 9.26. The first-order valence-corrected chi connectivity index (χ1v) is 12.3. The van der Waals surface area contributed by atoms with Gasteiger partial charge in [-0.2, -0.15) is 0 Å². The van der Waals surface area contributed by atoms with Gasteiger partial charge in [-0.1, -0.05) is 36.4 Å². The van der Waals surface area contributed by atoms with E-state index < -0.39 is 21.0 Å². The molecule has 1 aromatic carbocycles. The molecular weight excluding hydrogens is 390 g/mol. The summed E-state index contributed by atoms with van der Waals surface area (Å²) in [6.07, 6.45) is 3.55. The summed E-state index contributed by atoms with van der Waals surface area (Å²) in [5.74, 6) is 0. The predicted octanol–water partition coefficient (Wildman–Crippen LogP) is 3.63. The lowest BCUT2D eigenvalue weighted by Gasteiger charge is -2.28. The Kier molecular flexibility index (Phi) is 10.4. The van der Waals surface area contributed by atoms with Crippen molar-refractivity contribution >= 4 is 21.0 Å². The fourth-order valence-electron chi connectivity index (χ4n) is 2.92. The molecule has 1 aliphatic rings. The molecule has 1 amide bonds. The highest BCUT2D eigenvalue weighted by atomic mass is 28.4. The largest absolute Gasteiger partial charge is 0.500 e. The smallest absolute Gasteiger partial charge is 0.439 e. The first-order valence-electron chi connectivity index (χ1n) is 10.3. The molecule has 0 aromatic heterocycles. The van der Waals surface area contributed by atoms with Crippen molar-refractivity contribution < 1.29 is 27.5 Å². The Balaban J connectivity index is 1.77. The maximum atomic E-state index is 12.2. The Hall–Kier alpha value is -1.71. The van der Waals surface area contributed by atoms with Gasteiger partial charge in [0.2, 0.25) is 0 Å². The summed E-state index contributed by atoms with van der Waals surface area (Å²) in [5.41, 5.74) is 1.05. The van der Waals surface area contributed by atoms with Crippen molar-refractivity contribution in [1.29, 1.82) is 0 Å². The van der Waals surface area contributed by atoms with Gasteiger partial charge in [0.05, 0.1) is 6.61 Å². The predicted molar refractivity (Wildman–Crippen MR) is 114 cm³/mol. The van der Waals surface area contributed by atoms with Crippen LogP contribution in [0.5, 0.6) is 0 Å². The van der Waals surface area contributed by atoms with Crippen molar-refractivity contribution in [2.75, 3.05) is 33.0 Å². The molecule has 2 rings (SSSR count). The molecule has 1 N–H and O–H groups in total. The van der Waals surface area contributed by atoms with Gasteiger partial charge in [-0.3, -0.25) is 0 Å². The average Bonchev–Trinajstić information content (AvgIpc) is 3.55. The molecule has 0 spiro atoms. The van der Waals surface area contributed by atoms with Gasteiger partial charge in [0.25, 0.3) is 0 Å². The van der Waals surface area contributed by atoms with E-state index in [0.717, 1.165) is 5.56 Å². The molecule has 0 bridgehead atoms. The first kappa shape index (κ1) is 23.6. The van der Waals surface area contributed by atoms with Gasteiger partial charge < -0.3 is 28.1 Å². The number of carbonyl (C=O) groups excluding carboxylic acids is 1. The molecule has 8 heteroatoms. The van der Waals surface area contributed by atoms with Crippen LogP contribution in [0.4, 0.5) is 4.79 Å². The van der Waals surface area contributed by atoms with Crippen LogP contribution in [0.15, 0.2) is 36.4 Å². The van der Waals surface area contributed by atoms with E-state index in [2.05, 4.69) is 5.32 Å². The molecule has 1 aliphatic heterocycles. The van der Waals surface area contributed by atoms with Crippen molar-refractivity contribution in [3.8, 4) is 0 Å². The molecule has 162 valence electrons. The van der Waals surface area contributed by atoms with E-state index >= 15 is 0 Å². The van der Waals surface area contributed by atoms with E-state index in [-0.39, 0.29) is 6.10 Å². The zero-order valence-corrected chi connectivity index (χ0v) is 18.6. The lowest BCUT2D eigenvalue weighted by Crippen LogP contribution is -2.46. The summed E-state index contributed by atoms with van der Waals surface area (Å²) in [5, 5.41) is 2.80. The van der Waals surface area contributed by atoms with Crippen LogP contribution in [-0.4, -0.2) is 60.1 Å². The van der Waals surface area contributed by atoms with Gasteiger partial charge in [-0.15, -0.1) is 0 Å². The number of hydrogen-bond acceptors (Lipinski definition) is 6. The summed E-state index contributed by atoms with van der Waals surface area (Å²) >= 11 is 0. The van der Waals surface area contributed by atoms with E-state index in [0.29, 0.717) is 45.4 Å². The number of alkyl carbamates (subject to hydrolysis) is 1. The van der Waals surface area contributed by atoms with Gasteiger partial charge in [0, 0.05) is 32.4 Å². The van der Waals surface area contributed by atoms with Crippen LogP contribution >= 0.6 is 0 Å². The highest BCUT2D eigenvalue weighted by molar-refractivity contribution is 6.60. The van der Waals surface area contributed by atoms with Crippen molar-refractivity contribution in [2.45, 2.75) is 45.4 Å². The van der Waals surface area contributed by atoms with Crippen LogP contribution < -0.4 is 5.32 Å². The van der Waals surface area contributed by atoms with Crippen LogP contribution in [-0.2, 0) is 22.8 Å². The average molecular weight is 424 g/mol. The third kappa shape index (κ3) is 8.67. The third-order valence-electron chi connectivity index (χ3n) is 4.27. The summed E-state index contributed by atoms with van der Waals surface area (Å²) in [6, 6.07) is 10.5. The Morgan fingerprint density at radius 3 is 2.34 bits per heavy atom. The van der Waals surface area contributed by atoms with Crippen LogP contribution in [0.1, 0.15) is 32.8 Å². The number of hydrogen-bond donors (Lipinski definition) is 1. The maximum Gasteiger partial charge on any atom is 0.500 e. The number of amides is 1. The molecule has 1 heterocycles. The van der Waals surface area contributed by atoms with Gasteiger partial charge in [0.15, 0.2) is 6.10 Å². The van der Waals surface area contributed by atoms with E-state index in [1.807, 2.05) is 63.3 Å². The highest BCUT2D eigenvalue weighted by Crippen LogP contribution is 2.20. The topological polar surface area (TPSA) is 78.6 Å². The molecule has 1 fully saturated rings. The van der Waals surface area contributed by atoms with Gasteiger partial charge in [0.1, 0.15) is 6.10 Å². The zero-order valence-electron chi connectivity index (χ0n) is 17.6. The maximum absolute atomic E-state index is 12.2. The first-order chi connectivity index (χ1) is 14.1.